The van der Waals surface area contributed by atoms with Gasteiger partial charge < -0.3 is 33.1 Å². The summed E-state index contributed by atoms with van der Waals surface area (Å²) in [5.74, 6) is -1.04. The van der Waals surface area contributed by atoms with E-state index in [9.17, 15) is 19.2 Å². The number of carboxylic acid groups (broad SMARTS) is 2. The van der Waals surface area contributed by atoms with Gasteiger partial charge in [0.15, 0.2) is 0 Å². The van der Waals surface area contributed by atoms with Crippen LogP contribution in [0.2, 0.25) is 0 Å². The second-order valence-corrected chi connectivity index (χ2v) is 10.6. The molecule has 0 aliphatic rings. The summed E-state index contributed by atoms with van der Waals surface area (Å²) in [6.45, 7) is 3.60. The normalized spacial score (nSPS) is 11.6. The molecule has 0 bridgehead atoms. The number of hydrogen-bond donors (Lipinski definition) is 4. The van der Waals surface area contributed by atoms with Gasteiger partial charge in [0.05, 0.1) is 0 Å². The van der Waals surface area contributed by atoms with Crippen molar-refractivity contribution in [2.24, 2.45) is 0 Å². The minimum Gasteiger partial charge on any atom is -0.674 e. The van der Waals surface area contributed by atoms with E-state index < -0.39 is 24.0 Å². The van der Waals surface area contributed by atoms with Crippen molar-refractivity contribution < 1.29 is 206 Å². The van der Waals surface area contributed by atoms with Gasteiger partial charge >= 0.3 is 0 Å². The van der Waals surface area contributed by atoms with Crippen LogP contribution < -0.4 is 0 Å². The molecule has 0 fully saturated rings. The summed E-state index contributed by atoms with van der Waals surface area (Å²) in [6, 6.07) is 15.3. The number of thiol groups is 2. The summed E-state index contributed by atoms with van der Waals surface area (Å²) in [4.78, 5) is 42.9. The van der Waals surface area contributed by atoms with E-state index in [-0.39, 0.29) is 210 Å². The summed E-state index contributed by atoms with van der Waals surface area (Å²) < 4.78 is 0. The molecule has 2 aromatic carbocycles. The zero-order chi connectivity index (χ0) is 31.1. The van der Waals surface area contributed by atoms with E-state index in [1.165, 1.54) is 11.8 Å². The Morgan fingerprint density at radius 3 is 1.16 bits per heavy atom. The van der Waals surface area contributed by atoms with E-state index in [4.69, 9.17) is 33.1 Å². The summed E-state index contributed by atoms with van der Waals surface area (Å²) in [6.07, 6.45) is 0. The maximum absolute atomic E-state index is 11.5. The molecule has 0 saturated heterocycles. The van der Waals surface area contributed by atoms with Crippen LogP contribution in [0.5, 0.6) is 0 Å². The zero-order valence-corrected chi connectivity index (χ0v) is 46.9. The molecule has 0 amide bonds. The summed E-state index contributed by atoms with van der Waals surface area (Å²) in [5.41, 5.74) is 29.0. The third kappa shape index (κ3) is 37.0. The van der Waals surface area contributed by atoms with E-state index >= 15 is 0 Å². The van der Waals surface area contributed by atoms with Crippen molar-refractivity contribution in [1.29, 1.82) is 0 Å². The zero-order valence-electron chi connectivity index (χ0n) is 24.5. The number of hydrogen-bond acceptors (Lipinski definition) is 8. The predicted octanol–water partition coefficient (Wildman–Crippen LogP) is 6.84. The van der Waals surface area contributed by atoms with Gasteiger partial charge in [0.1, 0.15) is 0 Å². The van der Waals surface area contributed by atoms with Crippen molar-refractivity contribution in [3.8, 4) is 0 Å². The van der Waals surface area contributed by atoms with Crippen LogP contribution in [-0.4, -0.2) is 79.6 Å². The molecule has 0 aliphatic heterocycles. The van der Waals surface area contributed by atoms with Crippen LogP contribution in [-0.2, 0) is 9.59 Å². The molecule has 18 heteroatoms. The maximum atomic E-state index is 11.5. The molecule has 0 aromatic heterocycles. The monoisotopic (exact) mass is 1540 g/mol. The molecule has 6 N–H and O–H groups in total. The van der Waals surface area contributed by atoms with E-state index in [1.807, 2.05) is 25.1 Å². The molecule has 0 heterocycles. The van der Waals surface area contributed by atoms with Crippen molar-refractivity contribution in [1.82, 2.24) is 0 Å². The average Bonchev–Trinajstić information content (AvgIpc) is 2.95. The van der Waals surface area contributed by atoms with Gasteiger partial charge in [-0.2, -0.15) is 25.3 Å². The standard InChI is InChI=1S/C10H10NO3S.C10H12NOS.C3H6NO2S.C3H8NS.4Ac/c11-8(9(12)13)6-15-10(14)7-4-2-1-3-5-7;1-8(11)7-13-10(12)9-5-3-2-4-6-9;4-2(1-7)3(5)6;1-3(4)2-5;;;;/h1-5,8,11H,6H2,(H,12,13);2-6,8,11H,7H2,1H3;2,4,7H,1H2,(H,5,6);3-5H,2H2,1H3;;;;/q4*-1;;;;. The Bertz CT molecular complexity index is 1010. The van der Waals surface area contributed by atoms with Crippen molar-refractivity contribution in [2.75, 3.05) is 23.0 Å². The molecule has 2 rings (SSSR count). The number of carbonyl (C=O) groups excluding carboxylic acids is 2. The topological polar surface area (TPSA) is 204 Å². The van der Waals surface area contributed by atoms with Crippen molar-refractivity contribution >= 4 is 71.0 Å². The number of thioether (sulfide) groups is 2. The van der Waals surface area contributed by atoms with Gasteiger partial charge in [0.25, 0.3) is 11.9 Å². The number of carbonyl (C=O) groups is 4. The number of benzene rings is 2. The SMILES string of the molecule is CC([NH-])CS.CC([NH-])CSC(=O)c1ccccc1.[Ac].[Ac].[Ac].[Ac].[NH-]C(CS)C(=O)O.[NH-]C(CSC(=O)c1ccccc1)C(=O)O. The van der Waals surface area contributed by atoms with Crippen LogP contribution in [0.15, 0.2) is 60.7 Å². The fourth-order valence-electron chi connectivity index (χ4n) is 1.82. The van der Waals surface area contributed by atoms with Crippen LogP contribution in [0.1, 0.15) is 34.6 Å². The first-order valence-electron chi connectivity index (χ1n) is 11.7. The summed E-state index contributed by atoms with van der Waals surface area (Å²) in [5, 5.41) is 16.3. The fourth-order valence-corrected chi connectivity index (χ4v) is 3.45. The van der Waals surface area contributed by atoms with Crippen molar-refractivity contribution in [2.45, 2.75) is 38.0 Å². The third-order valence-electron chi connectivity index (χ3n) is 3.92. The summed E-state index contributed by atoms with van der Waals surface area (Å²) in [7, 11) is 0. The Kier molecular flexibility index (Phi) is 53.7. The van der Waals surface area contributed by atoms with Crippen molar-refractivity contribution in [3.05, 3.63) is 94.7 Å². The smallest absolute Gasteiger partial charge is 0.286 e. The van der Waals surface area contributed by atoms with Crippen LogP contribution in [0.25, 0.3) is 22.9 Å². The third-order valence-corrected chi connectivity index (χ3v) is 6.99. The number of carboxylic acids is 2. The molecule has 4 radical (unpaired) electrons. The molecule has 4 unspecified atom stereocenters. The molecule has 0 spiro atoms. The molecule has 2 aromatic rings. The van der Waals surface area contributed by atoms with Gasteiger partial charge in [-0.1, -0.05) is 98.0 Å². The molecule has 0 aliphatic carbocycles. The number of nitrogens with one attached hydrogen (secondary N) is 4. The van der Waals surface area contributed by atoms with E-state index in [0.29, 0.717) is 22.6 Å². The van der Waals surface area contributed by atoms with Gasteiger partial charge in [-0.05, 0) is 35.1 Å². The van der Waals surface area contributed by atoms with Crippen molar-refractivity contribution in [3.63, 3.8) is 0 Å². The fraction of sp³-hybridized carbons (Fsp3) is 0.385. The Hall–Kier alpha value is 3.73. The molecule has 10 nitrogen and oxygen atoms in total. The first-order valence-corrected chi connectivity index (χ1v) is 15.0. The number of rotatable bonds is 10. The average molecular weight is 1540 g/mol. The molecule has 0 saturated carbocycles. The van der Waals surface area contributed by atoms with E-state index in [0.717, 1.165) is 11.8 Å². The molecule has 236 valence electrons. The van der Waals surface area contributed by atoms with Gasteiger partial charge in [-0.3, -0.25) is 19.2 Å². The largest absolute Gasteiger partial charge is 0.674 e. The van der Waals surface area contributed by atoms with Gasteiger partial charge in [-0.15, -0.1) is 12.1 Å². The Morgan fingerprint density at radius 2 is 0.932 bits per heavy atom. The predicted molar refractivity (Wildman–Crippen MR) is 173 cm³/mol. The van der Waals surface area contributed by atoms with Gasteiger partial charge in [-0.25, -0.2) is 0 Å². The Labute approximate surface area is 423 Å². The second-order valence-electron chi connectivity index (χ2n) is 7.88. The van der Waals surface area contributed by atoms with Crippen LogP contribution >= 0.6 is 48.8 Å². The van der Waals surface area contributed by atoms with Crippen LogP contribution in [0.4, 0.5) is 0 Å². The summed E-state index contributed by atoms with van der Waals surface area (Å²) >= 11 is 9.48. The van der Waals surface area contributed by atoms with E-state index in [1.54, 1.807) is 49.4 Å². The first kappa shape index (κ1) is 59.8. The minimum atomic E-state index is -1.25. The Balaban J connectivity index is -0.000000114. The molecule has 4 atom stereocenters. The maximum Gasteiger partial charge on any atom is 0.286 e. The second kappa shape index (κ2) is 39.5. The van der Waals surface area contributed by atoms with Gasteiger partial charge in [0, 0.05) is 187 Å². The molecule has 44 heavy (non-hydrogen) atoms. The van der Waals surface area contributed by atoms with Gasteiger partial charge in [0.2, 0.25) is 10.2 Å². The minimum absolute atomic E-state index is 0. The van der Waals surface area contributed by atoms with Crippen LogP contribution in [0.3, 0.4) is 0 Å². The number of aliphatic carboxylic acids is 2. The molecular weight excluding hydrogens is 1500 g/mol. The molecular formula is C26H36Ac4N4O6S4-4. The first-order chi connectivity index (χ1) is 18.8. The quantitative estimate of drug-likeness (QED) is 0.185. The van der Waals surface area contributed by atoms with Crippen LogP contribution in [0, 0.1) is 176 Å². The van der Waals surface area contributed by atoms with E-state index in [2.05, 4.69) is 25.3 Å². The Morgan fingerprint density at radius 1 is 0.614 bits per heavy atom.